The standard InChI is InChI=1S/C40H57FN2O2/c1-26(2)29-14-19-40(35(45)43-24-22-42(23-25-43)28-10-8-27(41)9-11-28)21-20-38(6)30(34(29)40)12-13-32-37(5)17-16-33(44)36(3,4)31(37)15-18-39(32,38)7/h8-11,29-32,34H,1,12-25H2,2-7H3/t29-,30+,31-,32+,34+,37-,38+,39+,40-/m0/s1. The molecule has 246 valence electrons. The lowest BCUT2D eigenvalue weighted by Gasteiger charge is -2.72. The molecule has 5 saturated carbocycles. The number of piperazine rings is 1. The molecule has 1 heterocycles. The van der Waals surface area contributed by atoms with Gasteiger partial charge >= 0.3 is 0 Å². The van der Waals surface area contributed by atoms with E-state index in [1.807, 2.05) is 12.1 Å². The number of allylic oxidation sites excluding steroid dienone is 1. The van der Waals surface area contributed by atoms with Crippen molar-refractivity contribution < 1.29 is 14.0 Å². The van der Waals surface area contributed by atoms with Gasteiger partial charge in [0.1, 0.15) is 11.6 Å². The van der Waals surface area contributed by atoms with Crippen LogP contribution in [0.2, 0.25) is 0 Å². The van der Waals surface area contributed by atoms with Gasteiger partial charge < -0.3 is 9.80 Å². The van der Waals surface area contributed by atoms with Crippen molar-refractivity contribution in [2.75, 3.05) is 31.1 Å². The van der Waals surface area contributed by atoms with Crippen LogP contribution in [0.5, 0.6) is 0 Å². The van der Waals surface area contributed by atoms with Crippen molar-refractivity contribution in [3.8, 4) is 0 Å². The van der Waals surface area contributed by atoms with E-state index in [0.717, 1.165) is 76.8 Å². The fourth-order valence-corrected chi connectivity index (χ4v) is 13.4. The molecule has 1 aromatic rings. The number of halogens is 1. The van der Waals surface area contributed by atoms with Crippen molar-refractivity contribution in [3.05, 3.63) is 42.2 Å². The summed E-state index contributed by atoms with van der Waals surface area (Å²) in [4.78, 5) is 32.5. The van der Waals surface area contributed by atoms with Gasteiger partial charge in [-0.3, -0.25) is 9.59 Å². The summed E-state index contributed by atoms with van der Waals surface area (Å²) < 4.78 is 13.5. The number of anilines is 1. The van der Waals surface area contributed by atoms with Gasteiger partial charge in [-0.05, 0) is 135 Å². The number of carbonyl (C=O) groups is 2. The topological polar surface area (TPSA) is 40.6 Å². The predicted molar refractivity (Wildman–Crippen MR) is 179 cm³/mol. The van der Waals surface area contributed by atoms with E-state index in [9.17, 15) is 14.0 Å². The Balaban J connectivity index is 1.17. The monoisotopic (exact) mass is 616 g/mol. The Morgan fingerprint density at radius 2 is 1.51 bits per heavy atom. The number of rotatable bonds is 3. The summed E-state index contributed by atoms with van der Waals surface area (Å²) in [5, 5.41) is 0. The number of fused-ring (bicyclic) bond motifs is 7. The summed E-state index contributed by atoms with van der Waals surface area (Å²) in [6.07, 6.45) is 10.8. The van der Waals surface area contributed by atoms with Gasteiger partial charge in [0.25, 0.3) is 0 Å². The van der Waals surface area contributed by atoms with Crippen molar-refractivity contribution in [1.82, 2.24) is 4.90 Å². The Morgan fingerprint density at radius 3 is 2.18 bits per heavy atom. The van der Waals surface area contributed by atoms with Crippen LogP contribution in [0.3, 0.4) is 0 Å². The number of Topliss-reactive ketones (excluding diaryl/α,β-unsaturated/α-hetero) is 1. The lowest BCUT2D eigenvalue weighted by atomic mass is 9.32. The van der Waals surface area contributed by atoms with Gasteiger partial charge in [0.05, 0.1) is 5.41 Å². The minimum absolute atomic E-state index is 0.184. The molecular weight excluding hydrogens is 559 g/mol. The molecule has 5 heteroatoms. The van der Waals surface area contributed by atoms with Crippen LogP contribution in [0.1, 0.15) is 106 Å². The Hall–Kier alpha value is -2.17. The number of benzene rings is 1. The quantitative estimate of drug-likeness (QED) is 0.319. The van der Waals surface area contributed by atoms with Gasteiger partial charge in [-0.15, -0.1) is 0 Å². The number of hydrogen-bond donors (Lipinski definition) is 0. The highest BCUT2D eigenvalue weighted by molar-refractivity contribution is 5.86. The predicted octanol–water partition coefficient (Wildman–Crippen LogP) is 8.70. The van der Waals surface area contributed by atoms with Crippen molar-refractivity contribution in [1.29, 1.82) is 0 Å². The maximum absolute atomic E-state index is 14.9. The summed E-state index contributed by atoms with van der Waals surface area (Å²) in [6.45, 7) is 22.1. The molecule has 0 unspecified atom stereocenters. The van der Waals surface area contributed by atoms with E-state index >= 15 is 0 Å². The third-order valence-corrected chi connectivity index (χ3v) is 16.0. The molecule has 1 saturated heterocycles. The molecule has 4 nitrogen and oxygen atoms in total. The van der Waals surface area contributed by atoms with Crippen LogP contribution in [0.4, 0.5) is 10.1 Å². The molecule has 1 aromatic carbocycles. The first-order chi connectivity index (χ1) is 21.2. The molecule has 7 rings (SSSR count). The average molecular weight is 617 g/mol. The molecular formula is C40H57FN2O2. The third kappa shape index (κ3) is 4.26. The highest BCUT2D eigenvalue weighted by atomic mass is 19.1. The van der Waals surface area contributed by atoms with Gasteiger partial charge in [0.2, 0.25) is 5.91 Å². The lowest BCUT2D eigenvalue weighted by Crippen LogP contribution is -2.67. The van der Waals surface area contributed by atoms with E-state index in [1.165, 1.54) is 37.0 Å². The normalized spacial score (nSPS) is 44.0. The maximum Gasteiger partial charge on any atom is 0.229 e. The first-order valence-electron chi connectivity index (χ1n) is 18.2. The van der Waals surface area contributed by atoms with Crippen molar-refractivity contribution in [2.45, 2.75) is 106 Å². The fraction of sp³-hybridized carbons (Fsp3) is 0.750. The van der Waals surface area contributed by atoms with Crippen LogP contribution in [0, 0.1) is 62.5 Å². The number of ketones is 1. The number of carbonyl (C=O) groups excluding carboxylic acids is 2. The van der Waals surface area contributed by atoms with Crippen LogP contribution < -0.4 is 4.90 Å². The smallest absolute Gasteiger partial charge is 0.229 e. The average Bonchev–Trinajstić information content (AvgIpc) is 3.41. The lowest BCUT2D eigenvalue weighted by molar-refractivity contribution is -0.234. The first-order valence-corrected chi connectivity index (χ1v) is 18.2. The Morgan fingerprint density at radius 1 is 0.822 bits per heavy atom. The van der Waals surface area contributed by atoms with Gasteiger partial charge in [-0.1, -0.05) is 46.8 Å². The maximum atomic E-state index is 14.9. The van der Waals surface area contributed by atoms with E-state index in [-0.39, 0.29) is 32.9 Å². The summed E-state index contributed by atoms with van der Waals surface area (Å²) in [5.74, 6) is 3.08. The van der Waals surface area contributed by atoms with Crippen LogP contribution in [0.25, 0.3) is 0 Å². The molecule has 6 aliphatic rings. The highest BCUT2D eigenvalue weighted by Gasteiger charge is 2.72. The number of amides is 1. The van der Waals surface area contributed by atoms with Crippen molar-refractivity contribution in [2.24, 2.45) is 56.7 Å². The zero-order valence-corrected chi connectivity index (χ0v) is 28.9. The zero-order chi connectivity index (χ0) is 32.2. The van der Waals surface area contributed by atoms with Crippen LogP contribution in [-0.2, 0) is 9.59 Å². The van der Waals surface area contributed by atoms with Gasteiger partial charge in [0, 0.05) is 43.7 Å². The largest absolute Gasteiger partial charge is 0.368 e. The number of hydrogen-bond acceptors (Lipinski definition) is 3. The molecule has 5 aliphatic carbocycles. The second-order valence-corrected chi connectivity index (χ2v) is 17.7. The molecule has 0 N–H and O–H groups in total. The molecule has 0 aromatic heterocycles. The Labute approximate surface area is 271 Å². The molecule has 1 amide bonds. The van der Waals surface area contributed by atoms with Gasteiger partial charge in [-0.25, -0.2) is 4.39 Å². The second-order valence-electron chi connectivity index (χ2n) is 17.7. The molecule has 0 bridgehead atoms. The van der Waals surface area contributed by atoms with Gasteiger partial charge in [-0.2, -0.15) is 0 Å². The Bertz CT molecular complexity index is 1380. The molecule has 0 spiro atoms. The Kier molecular flexibility index (Phi) is 7.27. The van der Waals surface area contributed by atoms with E-state index in [0.29, 0.717) is 41.3 Å². The van der Waals surface area contributed by atoms with Crippen LogP contribution >= 0.6 is 0 Å². The molecule has 45 heavy (non-hydrogen) atoms. The third-order valence-electron chi connectivity index (χ3n) is 16.0. The van der Waals surface area contributed by atoms with E-state index in [1.54, 1.807) is 0 Å². The summed E-state index contributed by atoms with van der Waals surface area (Å²) in [5.41, 5.74) is 2.41. The van der Waals surface area contributed by atoms with Crippen molar-refractivity contribution >= 4 is 17.4 Å². The van der Waals surface area contributed by atoms with Crippen LogP contribution in [-0.4, -0.2) is 42.8 Å². The first kappa shape index (κ1) is 31.4. The fourth-order valence-electron chi connectivity index (χ4n) is 13.4. The molecule has 9 atom stereocenters. The highest BCUT2D eigenvalue weighted by Crippen LogP contribution is 2.77. The summed E-state index contributed by atoms with van der Waals surface area (Å²) >= 11 is 0. The minimum Gasteiger partial charge on any atom is -0.368 e. The minimum atomic E-state index is -0.282. The van der Waals surface area contributed by atoms with E-state index in [4.69, 9.17) is 0 Å². The molecule has 1 aliphatic heterocycles. The zero-order valence-electron chi connectivity index (χ0n) is 28.9. The number of nitrogens with zero attached hydrogens (tertiary/aromatic N) is 2. The summed E-state index contributed by atoms with van der Waals surface area (Å²) in [6, 6.07) is 6.77. The van der Waals surface area contributed by atoms with E-state index in [2.05, 4.69) is 57.9 Å². The second kappa shape index (κ2) is 10.4. The SMILES string of the molecule is C=C(C)[C@@H]1CC[C@]2(C(=O)N3CCN(c4ccc(F)cc4)CC3)CC[C@]3(C)[C@H](CC[C@@H]4[C@@]5(C)CCC(=O)C(C)(C)[C@@H]5CC[C@]43C)[C@@H]12. The summed E-state index contributed by atoms with van der Waals surface area (Å²) in [7, 11) is 0. The molecule has 6 fully saturated rings. The van der Waals surface area contributed by atoms with Gasteiger partial charge in [0.15, 0.2) is 0 Å². The molecule has 0 radical (unpaired) electrons. The van der Waals surface area contributed by atoms with Crippen LogP contribution in [0.15, 0.2) is 36.4 Å². The van der Waals surface area contributed by atoms with Crippen molar-refractivity contribution in [3.63, 3.8) is 0 Å². The van der Waals surface area contributed by atoms with E-state index < -0.39 is 0 Å².